The number of rotatable bonds is 5. The number of anilines is 1. The number of para-hydroxylation sites is 1. The van der Waals surface area contributed by atoms with Crippen LogP contribution in [-0.4, -0.2) is 28.1 Å². The van der Waals surface area contributed by atoms with Crippen LogP contribution in [0.4, 0.5) is 5.69 Å². The van der Waals surface area contributed by atoms with Crippen molar-refractivity contribution in [3.63, 3.8) is 0 Å². The molecule has 0 aliphatic carbocycles. The Morgan fingerprint density at radius 1 is 1.14 bits per heavy atom. The summed E-state index contributed by atoms with van der Waals surface area (Å²) in [5.74, 6) is -0.397. The van der Waals surface area contributed by atoms with Gasteiger partial charge in [0.15, 0.2) is 0 Å². The highest BCUT2D eigenvalue weighted by atomic mass is 16.2. The minimum absolute atomic E-state index is 0.257. The minimum atomic E-state index is -0.660. The first-order valence-electron chi connectivity index (χ1n) is 7.19. The molecule has 1 aromatic heterocycles. The van der Waals surface area contributed by atoms with E-state index in [0.717, 1.165) is 5.69 Å². The van der Waals surface area contributed by atoms with E-state index < -0.39 is 6.04 Å². The summed E-state index contributed by atoms with van der Waals surface area (Å²) in [5.41, 5.74) is 1.85. The van der Waals surface area contributed by atoms with Gasteiger partial charge in [-0.15, -0.1) is 0 Å². The van der Waals surface area contributed by atoms with Crippen molar-refractivity contribution in [3.05, 3.63) is 47.8 Å². The molecule has 22 heavy (non-hydrogen) atoms. The zero-order valence-corrected chi connectivity index (χ0v) is 12.9. The molecule has 1 aromatic carbocycles. The zero-order valence-electron chi connectivity index (χ0n) is 12.9. The fraction of sp³-hybridized carbons (Fsp3) is 0.312. The number of carbonyl (C=O) groups excluding carboxylic acids is 2. The predicted molar refractivity (Wildman–Crippen MR) is 84.7 cm³/mol. The summed E-state index contributed by atoms with van der Waals surface area (Å²) in [5, 5.41) is 12.2. The van der Waals surface area contributed by atoms with Gasteiger partial charge in [-0.3, -0.25) is 14.7 Å². The quantitative estimate of drug-likeness (QED) is 0.791. The van der Waals surface area contributed by atoms with Crippen molar-refractivity contribution in [2.24, 2.45) is 0 Å². The number of aromatic nitrogens is 2. The molecule has 1 heterocycles. The molecule has 1 atom stereocenters. The first kappa shape index (κ1) is 15.8. The van der Waals surface area contributed by atoms with Crippen molar-refractivity contribution in [1.82, 2.24) is 15.5 Å². The lowest BCUT2D eigenvalue weighted by molar-refractivity contribution is -0.117. The van der Waals surface area contributed by atoms with Gasteiger partial charge in [0.05, 0.1) is 0 Å². The van der Waals surface area contributed by atoms with Gasteiger partial charge >= 0.3 is 0 Å². The SMILES string of the molecule is CC(C)c1cc(C(=O)N[C@H](C)C(=O)Nc2ccccc2)n[nH]1. The molecule has 0 saturated heterocycles. The third-order valence-electron chi connectivity index (χ3n) is 3.23. The van der Waals surface area contributed by atoms with Crippen LogP contribution in [-0.2, 0) is 4.79 Å². The van der Waals surface area contributed by atoms with Gasteiger partial charge in [-0.25, -0.2) is 0 Å². The maximum atomic E-state index is 12.1. The molecule has 0 radical (unpaired) electrons. The highest BCUT2D eigenvalue weighted by molar-refractivity contribution is 6.00. The molecule has 0 spiro atoms. The van der Waals surface area contributed by atoms with Gasteiger partial charge in [0, 0.05) is 11.4 Å². The van der Waals surface area contributed by atoms with E-state index in [4.69, 9.17) is 0 Å². The maximum Gasteiger partial charge on any atom is 0.272 e. The van der Waals surface area contributed by atoms with E-state index in [0.29, 0.717) is 5.69 Å². The van der Waals surface area contributed by atoms with Crippen molar-refractivity contribution >= 4 is 17.5 Å². The van der Waals surface area contributed by atoms with Crippen molar-refractivity contribution in [3.8, 4) is 0 Å². The molecule has 2 amide bonds. The monoisotopic (exact) mass is 300 g/mol. The van der Waals surface area contributed by atoms with Crippen LogP contribution in [0.15, 0.2) is 36.4 Å². The van der Waals surface area contributed by atoms with Crippen molar-refractivity contribution in [2.75, 3.05) is 5.32 Å². The molecular weight excluding hydrogens is 280 g/mol. The molecule has 6 nitrogen and oxygen atoms in total. The van der Waals surface area contributed by atoms with E-state index >= 15 is 0 Å². The maximum absolute atomic E-state index is 12.1. The Kier molecular flexibility index (Phi) is 4.93. The van der Waals surface area contributed by atoms with E-state index in [2.05, 4.69) is 20.8 Å². The van der Waals surface area contributed by atoms with Gasteiger partial charge in [-0.05, 0) is 31.0 Å². The molecule has 0 aliphatic heterocycles. The van der Waals surface area contributed by atoms with E-state index in [1.54, 1.807) is 25.1 Å². The third-order valence-corrected chi connectivity index (χ3v) is 3.23. The molecule has 2 aromatic rings. The number of amides is 2. The topological polar surface area (TPSA) is 86.9 Å². The molecule has 116 valence electrons. The van der Waals surface area contributed by atoms with Crippen molar-refractivity contribution in [1.29, 1.82) is 0 Å². The summed E-state index contributed by atoms with van der Waals surface area (Å²) in [7, 11) is 0. The number of carbonyl (C=O) groups is 2. The normalized spacial score (nSPS) is 12.0. The zero-order chi connectivity index (χ0) is 16.1. The second-order valence-corrected chi connectivity index (χ2v) is 5.41. The average molecular weight is 300 g/mol. The largest absolute Gasteiger partial charge is 0.339 e. The van der Waals surface area contributed by atoms with Crippen LogP contribution in [0, 0.1) is 0 Å². The van der Waals surface area contributed by atoms with Crippen LogP contribution < -0.4 is 10.6 Å². The summed E-state index contributed by atoms with van der Waals surface area (Å²) < 4.78 is 0. The summed E-state index contributed by atoms with van der Waals surface area (Å²) in [4.78, 5) is 24.1. The van der Waals surface area contributed by atoms with Crippen LogP contribution in [0.5, 0.6) is 0 Å². The summed E-state index contributed by atoms with van der Waals surface area (Å²) in [6.45, 7) is 5.64. The van der Waals surface area contributed by atoms with E-state index in [1.165, 1.54) is 0 Å². The summed E-state index contributed by atoms with van der Waals surface area (Å²) in [6, 6.07) is 10.1. The first-order valence-corrected chi connectivity index (χ1v) is 7.19. The Labute approximate surface area is 129 Å². The molecule has 0 bridgehead atoms. The highest BCUT2D eigenvalue weighted by Gasteiger charge is 2.19. The van der Waals surface area contributed by atoms with E-state index in [-0.39, 0.29) is 23.4 Å². The van der Waals surface area contributed by atoms with Gasteiger partial charge in [-0.1, -0.05) is 32.0 Å². The number of benzene rings is 1. The Morgan fingerprint density at radius 2 is 1.82 bits per heavy atom. The summed E-state index contributed by atoms with van der Waals surface area (Å²) >= 11 is 0. The van der Waals surface area contributed by atoms with Crippen LogP contribution in [0.3, 0.4) is 0 Å². The van der Waals surface area contributed by atoms with Crippen molar-refractivity contribution in [2.45, 2.75) is 32.7 Å². The number of nitrogens with one attached hydrogen (secondary N) is 3. The lowest BCUT2D eigenvalue weighted by atomic mass is 10.1. The van der Waals surface area contributed by atoms with Gasteiger partial charge in [0.2, 0.25) is 5.91 Å². The Morgan fingerprint density at radius 3 is 2.41 bits per heavy atom. The van der Waals surface area contributed by atoms with Crippen molar-refractivity contribution < 1.29 is 9.59 Å². The molecule has 0 fully saturated rings. The molecular formula is C16H20N4O2. The molecule has 3 N–H and O–H groups in total. The number of hydrogen-bond acceptors (Lipinski definition) is 3. The molecule has 6 heteroatoms. The van der Waals surface area contributed by atoms with Crippen LogP contribution in [0.25, 0.3) is 0 Å². The fourth-order valence-corrected chi connectivity index (χ4v) is 1.86. The Bertz CT molecular complexity index is 649. The van der Waals surface area contributed by atoms with Crippen LogP contribution >= 0.6 is 0 Å². The third kappa shape index (κ3) is 3.94. The molecule has 2 rings (SSSR count). The number of aromatic amines is 1. The van der Waals surface area contributed by atoms with Gasteiger partial charge in [0.25, 0.3) is 5.91 Å². The Balaban J connectivity index is 1.94. The van der Waals surface area contributed by atoms with E-state index in [1.807, 2.05) is 32.0 Å². The van der Waals surface area contributed by atoms with Gasteiger partial charge in [-0.2, -0.15) is 5.10 Å². The highest BCUT2D eigenvalue weighted by Crippen LogP contribution is 2.12. The average Bonchev–Trinajstić information content (AvgIpc) is 2.98. The number of nitrogens with zero attached hydrogens (tertiary/aromatic N) is 1. The minimum Gasteiger partial charge on any atom is -0.339 e. The second-order valence-electron chi connectivity index (χ2n) is 5.41. The summed E-state index contributed by atoms with van der Waals surface area (Å²) in [6.07, 6.45) is 0. The molecule has 0 aliphatic rings. The fourth-order valence-electron chi connectivity index (χ4n) is 1.86. The predicted octanol–water partition coefficient (Wildman–Crippen LogP) is 2.29. The standard InChI is InChI=1S/C16H20N4O2/c1-10(2)13-9-14(20-19-13)16(22)17-11(3)15(21)18-12-7-5-4-6-8-12/h4-11H,1-3H3,(H,17,22)(H,18,21)(H,19,20)/t11-/m1/s1. The van der Waals surface area contributed by atoms with Crippen LogP contribution in [0.1, 0.15) is 42.9 Å². The smallest absolute Gasteiger partial charge is 0.272 e. The molecule has 0 saturated carbocycles. The number of H-pyrrole nitrogens is 1. The van der Waals surface area contributed by atoms with Crippen LogP contribution in [0.2, 0.25) is 0 Å². The first-order chi connectivity index (χ1) is 10.5. The lowest BCUT2D eigenvalue weighted by Crippen LogP contribution is -2.41. The van der Waals surface area contributed by atoms with E-state index in [9.17, 15) is 9.59 Å². The lowest BCUT2D eigenvalue weighted by Gasteiger charge is -2.13. The molecule has 0 unspecified atom stereocenters. The second kappa shape index (κ2) is 6.89. The van der Waals surface area contributed by atoms with Gasteiger partial charge < -0.3 is 10.6 Å². The van der Waals surface area contributed by atoms with Gasteiger partial charge in [0.1, 0.15) is 11.7 Å². The number of hydrogen-bond donors (Lipinski definition) is 3. The Hall–Kier alpha value is -2.63.